The van der Waals surface area contributed by atoms with Crippen molar-refractivity contribution >= 4 is 54.3 Å². The molecule has 33 heavy (non-hydrogen) atoms. The summed E-state index contributed by atoms with van der Waals surface area (Å²) in [7, 11) is -8.59. The molecule has 2 aromatic carbocycles. The Labute approximate surface area is 244 Å². The van der Waals surface area contributed by atoms with Gasteiger partial charge in [0.1, 0.15) is 0 Å². The van der Waals surface area contributed by atoms with Crippen molar-refractivity contribution in [2.75, 3.05) is 11.5 Å². The molecule has 0 radical (unpaired) electrons. The van der Waals surface area contributed by atoms with Gasteiger partial charge < -0.3 is 31.5 Å². The summed E-state index contributed by atoms with van der Waals surface area (Å²) in [5, 5.41) is 7.66. The van der Waals surface area contributed by atoms with E-state index in [9.17, 15) is 0 Å². The van der Waals surface area contributed by atoms with Gasteiger partial charge in [0, 0.05) is 11.4 Å². The van der Waals surface area contributed by atoms with Gasteiger partial charge in [0.15, 0.2) is 9.15 Å². The maximum absolute atomic E-state index is 9.16. The minimum absolute atomic E-state index is 0. The minimum Gasteiger partial charge on any atom is -0.761 e. The van der Waals surface area contributed by atoms with Crippen LogP contribution in [-0.4, -0.2) is 32.9 Å². The summed E-state index contributed by atoms with van der Waals surface area (Å²) in [4.78, 5) is 0. The second-order valence-corrected chi connectivity index (χ2v) is 9.07. The first-order valence-corrected chi connectivity index (χ1v) is 11.0. The van der Waals surface area contributed by atoms with E-state index in [2.05, 4.69) is 0 Å². The predicted molar refractivity (Wildman–Crippen MR) is 123 cm³/mol. The monoisotopic (exact) mass is 531 g/mol. The zero-order valence-corrected chi connectivity index (χ0v) is 24.3. The van der Waals surface area contributed by atoms with Gasteiger partial charge in [-0.15, -0.1) is 12.4 Å². The number of benzene rings is 2. The van der Waals surface area contributed by atoms with Gasteiger partial charge in [-0.2, -0.15) is 0 Å². The number of anilines is 2. The van der Waals surface area contributed by atoms with Crippen LogP contribution in [-0.2, 0) is 19.3 Å². The Hall–Kier alpha value is -0.800. The Kier molecular flexibility index (Phi) is 18.7. The molecule has 0 saturated heterocycles. The molecule has 9 nitrogen and oxygen atoms in total. The molecule has 7 N–H and O–H groups in total. The smallest absolute Gasteiger partial charge is 0.761 e. The number of nitrogen functional groups attached to an aromatic ring is 2. The van der Waals surface area contributed by atoms with Crippen LogP contribution in [0.1, 0.15) is 11.1 Å². The average molecular weight is 532 g/mol. The number of hydrogen-bond acceptors (Lipinski definition) is 8. The van der Waals surface area contributed by atoms with Gasteiger partial charge in [-0.1, -0.05) is 36.4 Å². The van der Waals surface area contributed by atoms with Crippen molar-refractivity contribution in [3.05, 3.63) is 89.5 Å². The van der Waals surface area contributed by atoms with Gasteiger partial charge in [0.2, 0.25) is 0 Å². The molecule has 1 aliphatic carbocycles. The average Bonchev–Trinajstić information content (AvgIpc) is 2.66. The van der Waals surface area contributed by atoms with E-state index in [-0.39, 0.29) is 77.0 Å². The number of nitrogens with one attached hydrogen (secondary N) is 1. The normalized spacial score (nSPS) is 12.4. The summed E-state index contributed by atoms with van der Waals surface area (Å²) in [5.41, 5.74) is 17.9. The maximum atomic E-state index is 9.16. The van der Waals surface area contributed by atoms with E-state index in [4.69, 9.17) is 38.6 Å². The Morgan fingerprint density at radius 2 is 1.12 bits per heavy atom. The molecular weight excluding hydrogens is 512 g/mol. The summed E-state index contributed by atoms with van der Waals surface area (Å²) >= 11 is 0. The predicted octanol–water partition coefficient (Wildman–Crippen LogP) is -4.27. The fraction of sp³-hybridized carbons (Fsp3) is 0. The van der Waals surface area contributed by atoms with Crippen LogP contribution >= 0.6 is 12.4 Å². The maximum Gasteiger partial charge on any atom is 1.00 e. The molecule has 3 rings (SSSR count). The van der Waals surface area contributed by atoms with Gasteiger partial charge in [-0.3, -0.25) is 4.21 Å². The van der Waals surface area contributed by atoms with E-state index in [0.29, 0.717) is 5.71 Å². The van der Waals surface area contributed by atoms with Crippen LogP contribution in [0.2, 0.25) is 0 Å². The van der Waals surface area contributed by atoms with Crippen LogP contribution in [0.3, 0.4) is 0 Å². The van der Waals surface area contributed by atoms with Crippen molar-refractivity contribution in [1.29, 1.82) is 5.41 Å². The fourth-order valence-corrected chi connectivity index (χ4v) is 2.44. The SMILES string of the molecule is Cl.N=C1C=CC(=C(c2ccc(N)cc2)c2ccc(N)cc2)C=C1.O.O=S([O-])S(=O)(=O)[O-].[Na+].[Na+]. The molecule has 0 heterocycles. The molecule has 0 bridgehead atoms. The molecule has 1 atom stereocenters. The fourth-order valence-electron chi connectivity index (χ4n) is 2.44. The van der Waals surface area contributed by atoms with E-state index < -0.39 is 19.3 Å². The van der Waals surface area contributed by atoms with E-state index >= 15 is 0 Å². The van der Waals surface area contributed by atoms with Crippen LogP contribution in [0, 0.1) is 5.41 Å². The number of rotatable bonds is 3. The van der Waals surface area contributed by atoms with Crippen molar-refractivity contribution in [3.63, 3.8) is 0 Å². The number of nitrogens with two attached hydrogens (primary N) is 2. The van der Waals surface area contributed by atoms with E-state index in [1.165, 1.54) is 0 Å². The third-order valence-electron chi connectivity index (χ3n) is 3.74. The van der Waals surface area contributed by atoms with Gasteiger partial charge in [0.05, 0.1) is 15.8 Å². The Morgan fingerprint density at radius 1 is 0.818 bits per heavy atom. The molecule has 1 aliphatic rings. The summed E-state index contributed by atoms with van der Waals surface area (Å²) in [6.07, 6.45) is 7.52. The molecule has 0 spiro atoms. The van der Waals surface area contributed by atoms with Gasteiger partial charge >= 0.3 is 59.1 Å². The van der Waals surface area contributed by atoms with Crippen molar-refractivity contribution in [2.24, 2.45) is 0 Å². The van der Waals surface area contributed by atoms with Crippen molar-refractivity contribution in [3.8, 4) is 0 Å². The summed E-state index contributed by atoms with van der Waals surface area (Å²) in [5.74, 6) is 0. The summed E-state index contributed by atoms with van der Waals surface area (Å²) in [6.45, 7) is 0. The second-order valence-electron chi connectivity index (χ2n) is 5.81. The van der Waals surface area contributed by atoms with Crippen LogP contribution in [0.5, 0.6) is 0 Å². The van der Waals surface area contributed by atoms with Crippen LogP contribution in [0.15, 0.2) is 78.4 Å². The Balaban J connectivity index is -0.000000724. The first-order chi connectivity index (χ1) is 13.6. The van der Waals surface area contributed by atoms with E-state index in [0.717, 1.165) is 33.6 Å². The minimum atomic E-state index is -5.07. The Morgan fingerprint density at radius 3 is 1.39 bits per heavy atom. The van der Waals surface area contributed by atoms with Gasteiger partial charge in [0.25, 0.3) is 0 Å². The zero-order chi connectivity index (χ0) is 21.6. The number of halogens is 1. The standard InChI is InChI=1S/C19H17N3.ClH.2Na.H2O5S2.H2O/c20-16-7-1-13(2-8-16)19(14-3-9-17(21)10-4-14)15-5-11-18(22)12-6-15;;;;1-6(2)7(3,4)5;/h1-12,20H,21-22H2;1H;;;(H,1,2)(H,3,4,5);1H2/q;;2*+1;;/p-2. The van der Waals surface area contributed by atoms with Crippen molar-refractivity contribution < 1.29 is 86.3 Å². The molecule has 2 aromatic rings. The topological polar surface area (TPSA) is 205 Å². The number of hydrogen-bond donors (Lipinski definition) is 3. The zero-order valence-electron chi connectivity index (χ0n) is 17.8. The van der Waals surface area contributed by atoms with Crippen LogP contribution < -0.4 is 70.6 Å². The molecule has 14 heteroatoms. The largest absolute Gasteiger partial charge is 1.00 e. The molecule has 0 aromatic heterocycles. The quantitative estimate of drug-likeness (QED) is 0.117. The summed E-state index contributed by atoms with van der Waals surface area (Å²) in [6, 6.07) is 15.6. The van der Waals surface area contributed by atoms with Crippen molar-refractivity contribution in [1.82, 2.24) is 0 Å². The summed E-state index contributed by atoms with van der Waals surface area (Å²) < 4.78 is 45.7. The van der Waals surface area contributed by atoms with E-state index in [1.54, 1.807) is 12.2 Å². The molecule has 0 fully saturated rings. The third kappa shape index (κ3) is 11.9. The molecular formula is C19H20ClN3Na2O6S2. The van der Waals surface area contributed by atoms with Gasteiger partial charge in [-0.25, -0.2) is 8.42 Å². The molecule has 1 unspecified atom stereocenters. The van der Waals surface area contributed by atoms with Gasteiger partial charge in [-0.05, 0) is 58.7 Å². The molecule has 0 saturated carbocycles. The van der Waals surface area contributed by atoms with E-state index in [1.807, 2.05) is 60.7 Å². The Bertz CT molecular complexity index is 1070. The molecule has 0 amide bonds. The second kappa shape index (κ2) is 16.8. The molecule has 0 aliphatic heterocycles. The number of allylic oxidation sites excluding steroid dienone is 5. The third-order valence-corrected chi connectivity index (χ3v) is 5.07. The first kappa shape index (κ1) is 36.8. The van der Waals surface area contributed by atoms with Crippen LogP contribution in [0.25, 0.3) is 5.57 Å². The molecule has 168 valence electrons. The first-order valence-electron chi connectivity index (χ1n) is 8.04. The van der Waals surface area contributed by atoms with Crippen molar-refractivity contribution in [2.45, 2.75) is 0 Å². The van der Waals surface area contributed by atoms with Crippen LogP contribution in [0.4, 0.5) is 11.4 Å².